The van der Waals surface area contributed by atoms with E-state index in [2.05, 4.69) is 5.32 Å². The molecule has 2 aromatic carbocycles. The molecule has 2 atom stereocenters. The van der Waals surface area contributed by atoms with Gasteiger partial charge < -0.3 is 10.1 Å². The van der Waals surface area contributed by atoms with E-state index in [1.165, 1.54) is 30.3 Å². The van der Waals surface area contributed by atoms with E-state index in [0.29, 0.717) is 19.7 Å². The van der Waals surface area contributed by atoms with E-state index < -0.39 is 23.7 Å². The van der Waals surface area contributed by atoms with E-state index in [4.69, 9.17) is 4.74 Å². The smallest absolute Gasteiger partial charge is 0.371 e. The highest BCUT2D eigenvalue weighted by molar-refractivity contribution is 5.95. The van der Waals surface area contributed by atoms with Crippen LogP contribution in [-0.2, 0) is 15.7 Å². The van der Waals surface area contributed by atoms with E-state index in [9.17, 15) is 22.4 Å². The van der Waals surface area contributed by atoms with Crippen LogP contribution in [0.4, 0.5) is 23.2 Å². The quantitative estimate of drug-likeness (QED) is 0.786. The van der Waals surface area contributed by atoms with Crippen LogP contribution in [0.15, 0.2) is 48.5 Å². The molecular weight excluding hydrogens is 376 g/mol. The van der Waals surface area contributed by atoms with Crippen LogP contribution in [0.5, 0.6) is 0 Å². The summed E-state index contributed by atoms with van der Waals surface area (Å²) in [7, 11) is 0. The zero-order valence-electron chi connectivity index (χ0n) is 15.2. The molecule has 2 aromatic rings. The molecule has 8 heteroatoms. The molecule has 1 N–H and O–H groups in total. The summed E-state index contributed by atoms with van der Waals surface area (Å²) in [6.07, 6.45) is -4.90. The maximum absolute atomic E-state index is 13.1. The highest BCUT2D eigenvalue weighted by atomic mass is 19.4. The fraction of sp³-hybridized carbons (Fsp3) is 0.350. The Kier molecular flexibility index (Phi) is 6.00. The Balaban J connectivity index is 1.69. The topological polar surface area (TPSA) is 41.6 Å². The monoisotopic (exact) mass is 396 g/mol. The van der Waals surface area contributed by atoms with Gasteiger partial charge in [0.25, 0.3) is 0 Å². The molecule has 3 rings (SSSR count). The second kappa shape index (κ2) is 8.28. The Morgan fingerprint density at radius 1 is 1.18 bits per heavy atom. The van der Waals surface area contributed by atoms with Crippen molar-refractivity contribution in [2.75, 3.05) is 25.0 Å². The first-order valence-corrected chi connectivity index (χ1v) is 8.84. The van der Waals surface area contributed by atoms with Gasteiger partial charge in [0.2, 0.25) is 5.91 Å². The zero-order chi connectivity index (χ0) is 20.3. The Morgan fingerprint density at radius 2 is 1.86 bits per heavy atom. The number of rotatable bonds is 4. The predicted molar refractivity (Wildman–Crippen MR) is 96.2 cm³/mol. The van der Waals surface area contributed by atoms with E-state index >= 15 is 0 Å². The van der Waals surface area contributed by atoms with Gasteiger partial charge in [-0.25, -0.2) is 4.39 Å². The summed E-state index contributed by atoms with van der Waals surface area (Å²) in [6, 6.07) is 10.1. The fourth-order valence-corrected chi connectivity index (χ4v) is 3.14. The number of halogens is 4. The van der Waals surface area contributed by atoms with Gasteiger partial charge in [0.05, 0.1) is 30.0 Å². The first kappa shape index (κ1) is 20.3. The van der Waals surface area contributed by atoms with Gasteiger partial charge in [0.15, 0.2) is 0 Å². The number of carbonyl (C=O) groups excluding carboxylic acids is 1. The first-order chi connectivity index (χ1) is 13.3. The number of morpholine rings is 1. The third-order valence-corrected chi connectivity index (χ3v) is 4.76. The van der Waals surface area contributed by atoms with Gasteiger partial charge in [-0.15, -0.1) is 0 Å². The van der Waals surface area contributed by atoms with Crippen molar-refractivity contribution in [2.45, 2.75) is 25.2 Å². The zero-order valence-corrected chi connectivity index (χ0v) is 15.2. The summed E-state index contributed by atoms with van der Waals surface area (Å²) in [6.45, 7) is 2.84. The number of nitrogens with one attached hydrogen (secondary N) is 1. The number of alkyl halides is 3. The normalized spacial score (nSPS) is 19.2. The van der Waals surface area contributed by atoms with Crippen molar-refractivity contribution >= 4 is 11.6 Å². The van der Waals surface area contributed by atoms with Gasteiger partial charge in [-0.05, 0) is 36.8 Å². The maximum Gasteiger partial charge on any atom is 0.418 e. The van der Waals surface area contributed by atoms with Gasteiger partial charge in [0.1, 0.15) is 5.82 Å². The first-order valence-electron chi connectivity index (χ1n) is 8.84. The number of hydrogen-bond acceptors (Lipinski definition) is 3. The van der Waals surface area contributed by atoms with Crippen molar-refractivity contribution in [1.29, 1.82) is 0 Å². The highest BCUT2D eigenvalue weighted by Crippen LogP contribution is 2.34. The van der Waals surface area contributed by atoms with Crippen LogP contribution < -0.4 is 5.32 Å². The lowest BCUT2D eigenvalue weighted by Crippen LogP contribution is -2.48. The minimum absolute atomic E-state index is 0.268. The summed E-state index contributed by atoms with van der Waals surface area (Å²) in [4.78, 5) is 14.4. The minimum atomic E-state index is -4.56. The molecule has 28 heavy (non-hydrogen) atoms. The van der Waals surface area contributed by atoms with Gasteiger partial charge in [-0.1, -0.05) is 24.3 Å². The third kappa shape index (κ3) is 4.69. The number of hydrogen-bond donors (Lipinski definition) is 1. The van der Waals surface area contributed by atoms with E-state index in [1.54, 1.807) is 19.1 Å². The molecule has 0 spiro atoms. The molecule has 4 nitrogen and oxygen atoms in total. The van der Waals surface area contributed by atoms with Gasteiger partial charge in [-0.2, -0.15) is 13.2 Å². The SMILES string of the molecule is CC(C(=O)Nc1ccccc1C(F)(F)F)N1CCOC(c2ccc(F)cc2)C1. The van der Waals surface area contributed by atoms with Crippen LogP contribution in [0, 0.1) is 5.82 Å². The van der Waals surface area contributed by atoms with Crippen molar-refractivity contribution in [1.82, 2.24) is 4.90 Å². The Bertz CT molecular complexity index is 824. The summed E-state index contributed by atoms with van der Waals surface area (Å²) in [5, 5.41) is 2.39. The van der Waals surface area contributed by atoms with Crippen LogP contribution in [0.25, 0.3) is 0 Å². The van der Waals surface area contributed by atoms with Crippen LogP contribution >= 0.6 is 0 Å². The average molecular weight is 396 g/mol. The second-order valence-corrected chi connectivity index (χ2v) is 6.61. The second-order valence-electron chi connectivity index (χ2n) is 6.61. The van der Waals surface area contributed by atoms with E-state index in [-0.39, 0.29) is 17.6 Å². The molecule has 0 bridgehead atoms. The van der Waals surface area contributed by atoms with Crippen LogP contribution in [0.2, 0.25) is 0 Å². The summed E-state index contributed by atoms with van der Waals surface area (Å²) < 4.78 is 58.2. The van der Waals surface area contributed by atoms with Crippen molar-refractivity contribution in [3.8, 4) is 0 Å². The lowest BCUT2D eigenvalue weighted by atomic mass is 10.1. The van der Waals surface area contributed by atoms with Crippen molar-refractivity contribution in [2.24, 2.45) is 0 Å². The van der Waals surface area contributed by atoms with E-state index in [1.807, 2.05) is 4.90 Å². The lowest BCUT2D eigenvalue weighted by molar-refractivity contribution is -0.137. The number of para-hydroxylation sites is 1. The van der Waals surface area contributed by atoms with Gasteiger partial charge >= 0.3 is 6.18 Å². The van der Waals surface area contributed by atoms with E-state index in [0.717, 1.165) is 11.6 Å². The molecule has 0 radical (unpaired) electrons. The summed E-state index contributed by atoms with van der Waals surface area (Å²) in [5.41, 5.74) is -0.377. The van der Waals surface area contributed by atoms with Crippen LogP contribution in [0.1, 0.15) is 24.2 Å². The summed E-state index contributed by atoms with van der Waals surface area (Å²) in [5.74, 6) is -0.885. The molecule has 1 aliphatic rings. The lowest BCUT2D eigenvalue weighted by Gasteiger charge is -2.36. The van der Waals surface area contributed by atoms with Crippen molar-refractivity contribution < 1.29 is 27.1 Å². The summed E-state index contributed by atoms with van der Waals surface area (Å²) >= 11 is 0. The number of ether oxygens (including phenoxy) is 1. The Labute approximate surface area is 160 Å². The highest BCUT2D eigenvalue weighted by Gasteiger charge is 2.35. The number of anilines is 1. The van der Waals surface area contributed by atoms with Crippen molar-refractivity contribution in [3.63, 3.8) is 0 Å². The van der Waals surface area contributed by atoms with Gasteiger partial charge in [0, 0.05) is 13.1 Å². The minimum Gasteiger partial charge on any atom is -0.371 e. The molecule has 0 saturated carbocycles. The molecule has 1 saturated heterocycles. The largest absolute Gasteiger partial charge is 0.418 e. The number of amides is 1. The number of nitrogens with zero attached hydrogens (tertiary/aromatic N) is 1. The molecule has 1 amide bonds. The number of carbonyl (C=O) groups is 1. The predicted octanol–water partition coefficient (Wildman–Crippen LogP) is 4.25. The molecular formula is C20H20F4N2O2. The van der Waals surface area contributed by atoms with Crippen LogP contribution in [-0.4, -0.2) is 36.5 Å². The molecule has 1 aliphatic heterocycles. The standard InChI is InChI=1S/C20H20F4N2O2/c1-13(19(27)25-17-5-3-2-4-16(17)20(22,23)24)26-10-11-28-18(12-26)14-6-8-15(21)9-7-14/h2-9,13,18H,10-12H2,1H3,(H,25,27). The third-order valence-electron chi connectivity index (χ3n) is 4.76. The molecule has 1 fully saturated rings. The van der Waals surface area contributed by atoms with Crippen molar-refractivity contribution in [3.05, 3.63) is 65.5 Å². The molecule has 0 aliphatic carbocycles. The Hall–Kier alpha value is -2.45. The molecule has 1 heterocycles. The Morgan fingerprint density at radius 3 is 2.54 bits per heavy atom. The average Bonchev–Trinajstić information content (AvgIpc) is 2.67. The molecule has 0 aromatic heterocycles. The fourth-order valence-electron chi connectivity index (χ4n) is 3.14. The number of benzene rings is 2. The molecule has 150 valence electrons. The molecule has 2 unspecified atom stereocenters. The van der Waals surface area contributed by atoms with Crippen LogP contribution in [0.3, 0.4) is 0 Å². The van der Waals surface area contributed by atoms with Gasteiger partial charge in [-0.3, -0.25) is 9.69 Å². The maximum atomic E-state index is 13.1.